The lowest BCUT2D eigenvalue weighted by Crippen LogP contribution is -2.59. The van der Waals surface area contributed by atoms with Gasteiger partial charge in [-0.15, -0.1) is 6.42 Å². The molecule has 45 heavy (non-hydrogen) atoms. The quantitative estimate of drug-likeness (QED) is 0.236. The molecule has 0 aliphatic carbocycles. The van der Waals surface area contributed by atoms with Crippen molar-refractivity contribution in [2.75, 3.05) is 37.9 Å². The highest BCUT2D eigenvalue weighted by Crippen LogP contribution is 2.34. The van der Waals surface area contributed by atoms with Gasteiger partial charge in [-0.3, -0.25) is 14.4 Å². The summed E-state index contributed by atoms with van der Waals surface area (Å²) in [5, 5.41) is 12.6. The van der Waals surface area contributed by atoms with E-state index in [1.807, 2.05) is 20.8 Å². The number of carbonyl (C=O) groups excluding carboxylic acids is 3. The van der Waals surface area contributed by atoms with E-state index in [9.17, 15) is 14.4 Å². The van der Waals surface area contributed by atoms with Gasteiger partial charge in [0.25, 0.3) is 0 Å². The van der Waals surface area contributed by atoms with Crippen LogP contribution in [-0.2, 0) is 14.4 Å². The molecule has 0 saturated carbocycles. The number of methoxy groups -OCH3 is 1. The number of nitrogens with zero attached hydrogens (tertiary/aromatic N) is 4. The van der Waals surface area contributed by atoms with Crippen LogP contribution < -0.4 is 30.7 Å². The number of hydrogen-bond acceptors (Lipinski definition) is 10. The molecule has 0 radical (unpaired) electrons. The maximum atomic E-state index is 13.8. The van der Waals surface area contributed by atoms with Gasteiger partial charge in [0.05, 0.1) is 36.2 Å². The minimum Gasteiger partial charge on any atom is -0.494 e. The largest absolute Gasteiger partial charge is 0.494 e. The Hall–Kier alpha value is -4.96. The first-order chi connectivity index (χ1) is 21.5. The standard InChI is InChI=1S/C32H40N8O5/c1-8-14-45-26-12-11-20(17-34-26)37-28-21-15-23(25(44-7)16-22(21)35-18-36-28)38-30(42)24-10-9-13-40(24)31(43)27(32(3,4)5)39-29(41)19(2)33-6/h1,11-12,15-19,24,27,33H,9-10,13-14H2,2-7H3,(H,38,42)(H,39,41)(H,35,36,37)/t19-,24-,27+/m0/s1. The van der Waals surface area contributed by atoms with Gasteiger partial charge in [-0.05, 0) is 44.4 Å². The smallest absolute Gasteiger partial charge is 0.247 e. The van der Waals surface area contributed by atoms with E-state index in [4.69, 9.17) is 15.9 Å². The Balaban J connectivity index is 1.57. The normalized spacial score (nSPS) is 15.9. The minimum atomic E-state index is -0.817. The van der Waals surface area contributed by atoms with Crippen molar-refractivity contribution in [1.29, 1.82) is 0 Å². The second-order valence-corrected chi connectivity index (χ2v) is 11.8. The van der Waals surface area contributed by atoms with Crippen molar-refractivity contribution in [2.24, 2.45) is 5.41 Å². The zero-order chi connectivity index (χ0) is 32.7. The molecule has 13 heteroatoms. The number of hydrogen-bond donors (Lipinski definition) is 4. The van der Waals surface area contributed by atoms with Crippen LogP contribution in [-0.4, -0.2) is 83.0 Å². The first kappa shape index (κ1) is 32.9. The third-order valence-electron chi connectivity index (χ3n) is 7.58. The van der Waals surface area contributed by atoms with E-state index in [-0.39, 0.29) is 24.3 Å². The number of ether oxygens (including phenoxy) is 2. The van der Waals surface area contributed by atoms with Crippen molar-refractivity contribution in [3.8, 4) is 24.0 Å². The molecule has 1 aromatic carbocycles. The van der Waals surface area contributed by atoms with Gasteiger partial charge >= 0.3 is 0 Å². The van der Waals surface area contributed by atoms with Crippen LogP contribution in [0.3, 0.4) is 0 Å². The van der Waals surface area contributed by atoms with E-state index in [1.54, 1.807) is 49.3 Å². The third kappa shape index (κ3) is 7.77. The average Bonchev–Trinajstić information content (AvgIpc) is 3.52. The average molecular weight is 617 g/mol. The molecule has 0 spiro atoms. The number of rotatable bonds is 11. The van der Waals surface area contributed by atoms with E-state index in [2.05, 4.69) is 42.1 Å². The topological polar surface area (TPSA) is 160 Å². The fourth-order valence-corrected chi connectivity index (χ4v) is 4.97. The van der Waals surface area contributed by atoms with Crippen molar-refractivity contribution >= 4 is 45.8 Å². The number of amides is 3. The summed E-state index contributed by atoms with van der Waals surface area (Å²) < 4.78 is 10.9. The molecule has 0 bridgehead atoms. The van der Waals surface area contributed by atoms with Gasteiger partial charge in [-0.2, -0.15) is 0 Å². The third-order valence-corrected chi connectivity index (χ3v) is 7.58. The number of anilines is 3. The van der Waals surface area contributed by atoms with E-state index < -0.39 is 23.5 Å². The van der Waals surface area contributed by atoms with Crippen molar-refractivity contribution in [1.82, 2.24) is 30.5 Å². The van der Waals surface area contributed by atoms with Crippen molar-refractivity contribution in [3.63, 3.8) is 0 Å². The Kier molecular flexibility index (Phi) is 10.4. The van der Waals surface area contributed by atoms with E-state index >= 15 is 0 Å². The Labute approximate surface area is 262 Å². The lowest BCUT2D eigenvalue weighted by atomic mass is 9.85. The van der Waals surface area contributed by atoms with Gasteiger partial charge in [-0.25, -0.2) is 15.0 Å². The summed E-state index contributed by atoms with van der Waals surface area (Å²) in [5.41, 5.74) is 1.04. The number of aromatic nitrogens is 3. The number of likely N-dealkylation sites (N-methyl/N-ethyl adjacent to an activating group) is 1. The lowest BCUT2D eigenvalue weighted by Gasteiger charge is -2.36. The van der Waals surface area contributed by atoms with Crippen LogP contribution in [0.4, 0.5) is 17.2 Å². The van der Waals surface area contributed by atoms with Crippen LogP contribution in [0, 0.1) is 17.8 Å². The second-order valence-electron chi connectivity index (χ2n) is 11.8. The summed E-state index contributed by atoms with van der Waals surface area (Å²) in [6.07, 6.45) is 9.38. The molecule has 1 aliphatic rings. The fraction of sp³-hybridized carbons (Fsp3) is 0.438. The Bertz CT molecular complexity index is 1580. The molecule has 1 saturated heterocycles. The van der Waals surface area contributed by atoms with Gasteiger partial charge in [0.2, 0.25) is 23.6 Å². The predicted molar refractivity (Wildman–Crippen MR) is 171 cm³/mol. The first-order valence-electron chi connectivity index (χ1n) is 14.7. The fourth-order valence-electron chi connectivity index (χ4n) is 4.97. The summed E-state index contributed by atoms with van der Waals surface area (Å²) in [4.78, 5) is 54.8. The van der Waals surface area contributed by atoms with Crippen molar-refractivity contribution in [3.05, 3.63) is 36.8 Å². The monoisotopic (exact) mass is 616 g/mol. The molecule has 3 heterocycles. The summed E-state index contributed by atoms with van der Waals surface area (Å²) >= 11 is 0. The van der Waals surface area contributed by atoms with Crippen molar-refractivity contribution < 1.29 is 23.9 Å². The van der Waals surface area contributed by atoms with Crippen LogP contribution in [0.25, 0.3) is 10.9 Å². The van der Waals surface area contributed by atoms with Crippen LogP contribution >= 0.6 is 0 Å². The molecular formula is C32H40N8O5. The lowest BCUT2D eigenvalue weighted by molar-refractivity contribution is -0.143. The number of pyridine rings is 1. The van der Waals surface area contributed by atoms with Crippen molar-refractivity contribution in [2.45, 2.75) is 58.7 Å². The highest BCUT2D eigenvalue weighted by Gasteiger charge is 2.42. The van der Waals surface area contributed by atoms with Gasteiger partial charge in [0.1, 0.15) is 30.0 Å². The zero-order valence-corrected chi connectivity index (χ0v) is 26.4. The highest BCUT2D eigenvalue weighted by atomic mass is 16.5. The molecule has 13 nitrogen and oxygen atoms in total. The van der Waals surface area contributed by atoms with E-state index in [0.29, 0.717) is 59.1 Å². The summed E-state index contributed by atoms with van der Waals surface area (Å²) in [7, 11) is 3.18. The minimum absolute atomic E-state index is 0.114. The van der Waals surface area contributed by atoms with Gasteiger partial charge in [0.15, 0.2) is 6.61 Å². The van der Waals surface area contributed by atoms with Crippen LogP contribution in [0.5, 0.6) is 11.6 Å². The van der Waals surface area contributed by atoms with Crippen LogP contribution in [0.2, 0.25) is 0 Å². The number of benzene rings is 1. The predicted octanol–water partition coefficient (Wildman–Crippen LogP) is 2.86. The molecule has 1 fully saturated rings. The molecule has 238 valence electrons. The molecule has 3 aromatic rings. The molecule has 3 atom stereocenters. The van der Waals surface area contributed by atoms with Gasteiger partial charge in [-0.1, -0.05) is 26.7 Å². The summed E-state index contributed by atoms with van der Waals surface area (Å²) in [6.45, 7) is 7.89. The zero-order valence-electron chi connectivity index (χ0n) is 26.4. The van der Waals surface area contributed by atoms with Crippen LogP contribution in [0.1, 0.15) is 40.5 Å². The maximum absolute atomic E-state index is 13.8. The number of terminal acetylenes is 1. The highest BCUT2D eigenvalue weighted by molar-refractivity contribution is 6.03. The summed E-state index contributed by atoms with van der Waals surface area (Å²) in [5.74, 6) is 2.72. The Morgan fingerprint density at radius 3 is 2.60 bits per heavy atom. The molecule has 4 N–H and O–H groups in total. The molecule has 1 aliphatic heterocycles. The second kappa shape index (κ2) is 14.2. The Morgan fingerprint density at radius 2 is 1.96 bits per heavy atom. The van der Waals surface area contributed by atoms with E-state index in [1.165, 1.54) is 13.4 Å². The number of nitrogens with one attached hydrogen (secondary N) is 4. The molecule has 3 amide bonds. The molecular weight excluding hydrogens is 576 g/mol. The van der Waals surface area contributed by atoms with E-state index in [0.717, 1.165) is 0 Å². The maximum Gasteiger partial charge on any atom is 0.247 e. The number of carbonyl (C=O) groups is 3. The molecule has 4 rings (SSSR count). The number of likely N-dealkylation sites (tertiary alicyclic amines) is 1. The number of fused-ring (bicyclic) bond motifs is 1. The van der Waals surface area contributed by atoms with Crippen LogP contribution in [0.15, 0.2) is 36.8 Å². The Morgan fingerprint density at radius 1 is 1.18 bits per heavy atom. The first-order valence-corrected chi connectivity index (χ1v) is 14.7. The molecule has 0 unspecified atom stereocenters. The van der Waals surface area contributed by atoms with Gasteiger partial charge < -0.3 is 35.6 Å². The SMILES string of the molecule is C#CCOc1ccc(Nc2ncnc3cc(OC)c(NC(=O)[C@@H]4CCCN4C(=O)[C@@H](NC(=O)[C@H](C)NC)C(C)(C)C)cc23)cn1. The molecule has 2 aromatic heterocycles. The van der Waals surface area contributed by atoms with Gasteiger partial charge in [0, 0.05) is 24.1 Å². The summed E-state index contributed by atoms with van der Waals surface area (Å²) in [6, 6.07) is 4.87.